The highest BCUT2D eigenvalue weighted by Gasteiger charge is 2.22. The highest BCUT2D eigenvalue weighted by Crippen LogP contribution is 2.30. The van der Waals surface area contributed by atoms with Gasteiger partial charge in [0.25, 0.3) is 0 Å². The SMILES string of the molecule is Cc1nc(N2CCOCC2)ccc1Nc1ncc(Cl)c(Nc2ccccc2S(=O)(=O)N(C)C)n1. The number of nitrogens with zero attached hydrogens (tertiary/aromatic N) is 5. The summed E-state index contributed by atoms with van der Waals surface area (Å²) >= 11 is 6.31. The summed E-state index contributed by atoms with van der Waals surface area (Å²) in [7, 11) is -0.712. The van der Waals surface area contributed by atoms with Crippen molar-refractivity contribution in [3.05, 3.63) is 53.3 Å². The second kappa shape index (κ2) is 10.1. The third kappa shape index (κ3) is 5.22. The molecule has 2 aromatic heterocycles. The molecule has 180 valence electrons. The molecule has 1 aliphatic heterocycles. The first-order valence-electron chi connectivity index (χ1n) is 10.6. The Morgan fingerprint density at radius 3 is 2.47 bits per heavy atom. The number of aromatic nitrogens is 3. The lowest BCUT2D eigenvalue weighted by molar-refractivity contribution is 0.122. The van der Waals surface area contributed by atoms with Crippen LogP contribution in [0.4, 0.5) is 29.0 Å². The minimum atomic E-state index is -3.67. The predicted molar refractivity (Wildman–Crippen MR) is 133 cm³/mol. The van der Waals surface area contributed by atoms with Crippen LogP contribution in [-0.2, 0) is 14.8 Å². The molecule has 12 heteroatoms. The summed E-state index contributed by atoms with van der Waals surface area (Å²) in [4.78, 5) is 15.7. The van der Waals surface area contributed by atoms with Crippen molar-refractivity contribution in [1.82, 2.24) is 19.3 Å². The average molecular weight is 504 g/mol. The van der Waals surface area contributed by atoms with Crippen LogP contribution in [0.25, 0.3) is 0 Å². The van der Waals surface area contributed by atoms with E-state index in [0.717, 1.165) is 34.6 Å². The average Bonchev–Trinajstić information content (AvgIpc) is 2.83. The van der Waals surface area contributed by atoms with E-state index in [1.165, 1.54) is 26.4 Å². The number of para-hydroxylation sites is 1. The van der Waals surface area contributed by atoms with Gasteiger partial charge in [-0.15, -0.1) is 0 Å². The largest absolute Gasteiger partial charge is 0.378 e. The van der Waals surface area contributed by atoms with Gasteiger partial charge in [0.05, 0.1) is 36.5 Å². The number of rotatable bonds is 7. The maximum absolute atomic E-state index is 12.7. The summed E-state index contributed by atoms with van der Waals surface area (Å²) in [6.45, 7) is 4.89. The number of benzene rings is 1. The van der Waals surface area contributed by atoms with Crippen molar-refractivity contribution in [2.45, 2.75) is 11.8 Å². The van der Waals surface area contributed by atoms with Gasteiger partial charge in [0.15, 0.2) is 5.82 Å². The first-order chi connectivity index (χ1) is 16.3. The summed E-state index contributed by atoms with van der Waals surface area (Å²) in [6.07, 6.45) is 1.45. The van der Waals surface area contributed by atoms with Crippen LogP contribution in [0.15, 0.2) is 47.5 Å². The fourth-order valence-electron chi connectivity index (χ4n) is 3.40. The van der Waals surface area contributed by atoms with E-state index >= 15 is 0 Å². The molecular formula is C22H26ClN7O3S. The lowest BCUT2D eigenvalue weighted by Crippen LogP contribution is -2.36. The van der Waals surface area contributed by atoms with Crippen molar-refractivity contribution in [2.75, 3.05) is 55.9 Å². The minimum absolute atomic E-state index is 0.114. The molecule has 10 nitrogen and oxygen atoms in total. The molecule has 3 aromatic rings. The Bertz CT molecular complexity index is 1280. The standard InChI is InChI=1S/C22H26ClN7O3S/c1-15-17(8-9-20(25-15)30-10-12-33-13-11-30)27-22-24-14-16(23)21(28-22)26-18-6-4-5-7-19(18)34(31,32)29(2)3/h4-9,14H,10-13H2,1-3H3,(H2,24,26,27,28). The number of nitrogens with one attached hydrogen (secondary N) is 2. The molecule has 1 fully saturated rings. The van der Waals surface area contributed by atoms with Gasteiger partial charge in [-0.3, -0.25) is 0 Å². The second-order valence-electron chi connectivity index (χ2n) is 7.83. The quantitative estimate of drug-likeness (QED) is 0.500. The molecular weight excluding hydrogens is 478 g/mol. The Balaban J connectivity index is 1.57. The summed E-state index contributed by atoms with van der Waals surface area (Å²) in [5.74, 6) is 1.46. The van der Waals surface area contributed by atoms with E-state index in [1.807, 2.05) is 19.1 Å². The molecule has 0 aliphatic carbocycles. The highest BCUT2D eigenvalue weighted by molar-refractivity contribution is 7.89. The van der Waals surface area contributed by atoms with Crippen LogP contribution >= 0.6 is 11.6 Å². The van der Waals surface area contributed by atoms with Gasteiger partial charge in [0, 0.05) is 27.2 Å². The number of aryl methyl sites for hydroxylation is 1. The van der Waals surface area contributed by atoms with Crippen LogP contribution in [0.5, 0.6) is 0 Å². The Morgan fingerprint density at radius 2 is 1.76 bits per heavy atom. The number of morpholine rings is 1. The van der Waals surface area contributed by atoms with Crippen molar-refractivity contribution >= 4 is 50.6 Å². The van der Waals surface area contributed by atoms with E-state index < -0.39 is 10.0 Å². The second-order valence-corrected chi connectivity index (χ2v) is 10.4. The normalized spacial score (nSPS) is 14.3. The van der Waals surface area contributed by atoms with Crippen LogP contribution in [0.2, 0.25) is 5.02 Å². The molecule has 0 spiro atoms. The van der Waals surface area contributed by atoms with E-state index in [4.69, 9.17) is 21.3 Å². The third-order valence-electron chi connectivity index (χ3n) is 5.30. The first-order valence-corrected chi connectivity index (χ1v) is 12.5. The maximum atomic E-state index is 12.7. The number of ether oxygens (including phenoxy) is 1. The molecule has 0 unspecified atom stereocenters. The zero-order chi connectivity index (χ0) is 24.3. The zero-order valence-corrected chi connectivity index (χ0v) is 20.7. The summed E-state index contributed by atoms with van der Waals surface area (Å²) in [5, 5.41) is 6.45. The van der Waals surface area contributed by atoms with E-state index in [2.05, 4.69) is 25.5 Å². The Labute approximate surface area is 204 Å². The summed E-state index contributed by atoms with van der Waals surface area (Å²) in [5.41, 5.74) is 1.90. The zero-order valence-electron chi connectivity index (χ0n) is 19.1. The van der Waals surface area contributed by atoms with Gasteiger partial charge in [0.2, 0.25) is 16.0 Å². The van der Waals surface area contributed by atoms with Crippen molar-refractivity contribution in [1.29, 1.82) is 0 Å². The van der Waals surface area contributed by atoms with Gasteiger partial charge >= 0.3 is 0 Å². The molecule has 2 N–H and O–H groups in total. The monoisotopic (exact) mass is 503 g/mol. The highest BCUT2D eigenvalue weighted by atomic mass is 35.5. The molecule has 0 saturated carbocycles. The molecule has 0 radical (unpaired) electrons. The van der Waals surface area contributed by atoms with Crippen LogP contribution in [0, 0.1) is 6.92 Å². The summed E-state index contributed by atoms with van der Waals surface area (Å²) < 4.78 is 32.0. The molecule has 3 heterocycles. The lowest BCUT2D eigenvalue weighted by atomic mass is 10.3. The number of hydrogen-bond donors (Lipinski definition) is 2. The summed E-state index contributed by atoms with van der Waals surface area (Å²) in [6, 6.07) is 10.4. The number of sulfonamides is 1. The van der Waals surface area contributed by atoms with Crippen LogP contribution < -0.4 is 15.5 Å². The Morgan fingerprint density at radius 1 is 1.03 bits per heavy atom. The van der Waals surface area contributed by atoms with Gasteiger partial charge in [0.1, 0.15) is 15.7 Å². The maximum Gasteiger partial charge on any atom is 0.244 e. The molecule has 34 heavy (non-hydrogen) atoms. The fourth-order valence-corrected chi connectivity index (χ4v) is 4.58. The fraction of sp³-hybridized carbons (Fsp3) is 0.318. The third-order valence-corrected chi connectivity index (χ3v) is 7.45. The molecule has 1 saturated heterocycles. The number of halogens is 1. The topological polar surface area (TPSA) is 113 Å². The van der Waals surface area contributed by atoms with Crippen LogP contribution in [0.3, 0.4) is 0 Å². The van der Waals surface area contributed by atoms with E-state index in [0.29, 0.717) is 24.8 Å². The van der Waals surface area contributed by atoms with Crippen molar-refractivity contribution < 1.29 is 13.2 Å². The lowest BCUT2D eigenvalue weighted by Gasteiger charge is -2.28. The smallest absolute Gasteiger partial charge is 0.244 e. The Kier molecular flexibility index (Phi) is 7.17. The van der Waals surface area contributed by atoms with Crippen molar-refractivity contribution in [2.24, 2.45) is 0 Å². The van der Waals surface area contributed by atoms with Gasteiger partial charge in [-0.05, 0) is 31.2 Å². The van der Waals surface area contributed by atoms with Gasteiger partial charge in [-0.25, -0.2) is 22.7 Å². The molecule has 4 rings (SSSR count). The van der Waals surface area contributed by atoms with E-state index in [1.54, 1.807) is 18.2 Å². The molecule has 1 aliphatic rings. The van der Waals surface area contributed by atoms with Crippen molar-refractivity contribution in [3.63, 3.8) is 0 Å². The molecule has 0 atom stereocenters. The first kappa shape index (κ1) is 24.1. The molecule has 1 aromatic carbocycles. The molecule has 0 bridgehead atoms. The van der Waals surface area contributed by atoms with Crippen LogP contribution in [-0.4, -0.2) is 68.1 Å². The van der Waals surface area contributed by atoms with E-state index in [9.17, 15) is 8.42 Å². The van der Waals surface area contributed by atoms with E-state index in [-0.39, 0.29) is 15.7 Å². The van der Waals surface area contributed by atoms with Crippen LogP contribution in [0.1, 0.15) is 5.69 Å². The van der Waals surface area contributed by atoms with Crippen molar-refractivity contribution in [3.8, 4) is 0 Å². The van der Waals surface area contributed by atoms with Gasteiger partial charge in [-0.2, -0.15) is 4.98 Å². The number of pyridine rings is 1. The van der Waals surface area contributed by atoms with Gasteiger partial charge in [-0.1, -0.05) is 23.7 Å². The Hall–Kier alpha value is -2.99. The van der Waals surface area contributed by atoms with Gasteiger partial charge < -0.3 is 20.3 Å². The minimum Gasteiger partial charge on any atom is -0.378 e. The number of hydrogen-bond acceptors (Lipinski definition) is 9. The number of anilines is 5. The molecule has 0 amide bonds. The predicted octanol–water partition coefficient (Wildman–Crippen LogP) is 3.41.